The molecule has 1 aromatic carbocycles. The minimum atomic E-state index is -4.55. The molecule has 0 saturated carbocycles. The first-order valence-electron chi connectivity index (χ1n) is 10.2. The van der Waals surface area contributed by atoms with Crippen LogP contribution in [-0.4, -0.2) is 45.6 Å². The van der Waals surface area contributed by atoms with E-state index in [1.807, 2.05) is 0 Å². The van der Waals surface area contributed by atoms with Gasteiger partial charge in [0.25, 0.3) is 11.8 Å². The number of aliphatic hydroxyl groups is 1. The molecular weight excluding hydrogens is 453 g/mol. The van der Waals surface area contributed by atoms with E-state index in [9.17, 15) is 27.9 Å². The van der Waals surface area contributed by atoms with E-state index in [-0.39, 0.29) is 35.9 Å². The Bertz CT molecular complexity index is 1220. The number of para-hydroxylation sites is 1. The molecule has 2 aromatic heterocycles. The van der Waals surface area contributed by atoms with Gasteiger partial charge in [-0.2, -0.15) is 13.2 Å². The highest BCUT2D eigenvalue weighted by Crippen LogP contribution is 2.34. The van der Waals surface area contributed by atoms with Gasteiger partial charge in [-0.15, -0.1) is 0 Å². The number of hydrogen-bond acceptors (Lipinski definition) is 6. The average Bonchev–Trinajstić information content (AvgIpc) is 2.74. The van der Waals surface area contributed by atoms with Crippen molar-refractivity contribution in [2.75, 3.05) is 18.5 Å². The van der Waals surface area contributed by atoms with Crippen LogP contribution in [0.15, 0.2) is 42.5 Å². The number of halogens is 3. The molecule has 3 rings (SSSR count). The Morgan fingerprint density at radius 2 is 1.82 bits per heavy atom. The number of carbonyl (C=O) groups excluding carboxylic acids is 2. The van der Waals surface area contributed by atoms with Crippen molar-refractivity contribution < 1.29 is 32.6 Å². The summed E-state index contributed by atoms with van der Waals surface area (Å²) in [7, 11) is 0. The molecule has 3 N–H and O–H groups in total. The van der Waals surface area contributed by atoms with Crippen molar-refractivity contribution in [3.63, 3.8) is 0 Å². The van der Waals surface area contributed by atoms with E-state index < -0.39 is 29.2 Å². The number of amides is 2. The molecule has 3 aromatic rings. The zero-order chi connectivity index (χ0) is 25.1. The highest BCUT2D eigenvalue weighted by atomic mass is 19.4. The zero-order valence-electron chi connectivity index (χ0n) is 18.7. The molecule has 0 unspecified atom stereocenters. The second-order valence-electron chi connectivity index (χ2n) is 8.02. The molecule has 0 aliphatic carbocycles. The third kappa shape index (κ3) is 6.19. The van der Waals surface area contributed by atoms with Gasteiger partial charge in [0.15, 0.2) is 0 Å². The molecule has 34 heavy (non-hydrogen) atoms. The summed E-state index contributed by atoms with van der Waals surface area (Å²) in [4.78, 5) is 32.5. The molecule has 11 heteroatoms. The third-order valence-electron chi connectivity index (χ3n) is 4.65. The number of aryl methyl sites for hydroxylation is 1. The molecule has 0 aliphatic rings. The zero-order valence-corrected chi connectivity index (χ0v) is 18.7. The quantitative estimate of drug-likeness (QED) is 0.450. The first-order chi connectivity index (χ1) is 15.8. The first-order valence-corrected chi connectivity index (χ1v) is 10.2. The number of pyridine rings is 2. The van der Waals surface area contributed by atoms with Crippen molar-refractivity contribution in [3.05, 3.63) is 59.3 Å². The minimum absolute atomic E-state index is 0.00480. The fraction of sp³-hybridized carbons (Fsp3) is 0.304. The van der Waals surface area contributed by atoms with E-state index in [4.69, 9.17) is 4.74 Å². The van der Waals surface area contributed by atoms with Gasteiger partial charge in [0.1, 0.15) is 18.0 Å². The highest BCUT2D eigenvalue weighted by molar-refractivity contribution is 5.98. The van der Waals surface area contributed by atoms with E-state index in [1.165, 1.54) is 50.2 Å². The van der Waals surface area contributed by atoms with Crippen LogP contribution < -0.4 is 15.4 Å². The Balaban J connectivity index is 1.61. The molecule has 0 fully saturated rings. The maximum atomic E-state index is 13.2. The van der Waals surface area contributed by atoms with Crippen LogP contribution in [0.25, 0.3) is 10.9 Å². The van der Waals surface area contributed by atoms with Gasteiger partial charge < -0.3 is 20.5 Å². The normalized spacial score (nSPS) is 11.9. The molecule has 2 amide bonds. The van der Waals surface area contributed by atoms with Gasteiger partial charge in [-0.25, -0.2) is 9.97 Å². The Kier molecular flexibility index (Phi) is 7.06. The van der Waals surface area contributed by atoms with E-state index in [2.05, 4.69) is 20.6 Å². The predicted octanol–water partition coefficient (Wildman–Crippen LogP) is 3.48. The summed E-state index contributed by atoms with van der Waals surface area (Å²) < 4.78 is 45.1. The number of ether oxygens (including phenoxy) is 1. The molecule has 2 heterocycles. The van der Waals surface area contributed by atoms with Crippen LogP contribution in [0.5, 0.6) is 5.88 Å². The summed E-state index contributed by atoms with van der Waals surface area (Å²) in [6.07, 6.45) is -4.55. The lowest BCUT2D eigenvalue weighted by atomic mass is 10.1. The summed E-state index contributed by atoms with van der Waals surface area (Å²) >= 11 is 0. The van der Waals surface area contributed by atoms with Crippen LogP contribution in [0.3, 0.4) is 0 Å². The largest absolute Gasteiger partial charge is 0.476 e. The topological polar surface area (TPSA) is 113 Å². The molecule has 8 nitrogen and oxygen atoms in total. The maximum Gasteiger partial charge on any atom is 0.418 e. The van der Waals surface area contributed by atoms with E-state index in [0.29, 0.717) is 11.1 Å². The second-order valence-corrected chi connectivity index (χ2v) is 8.02. The lowest BCUT2D eigenvalue weighted by Gasteiger charge is -2.16. The van der Waals surface area contributed by atoms with E-state index >= 15 is 0 Å². The highest BCUT2D eigenvalue weighted by Gasteiger charge is 2.33. The second kappa shape index (κ2) is 9.64. The van der Waals surface area contributed by atoms with Gasteiger partial charge in [0.05, 0.1) is 17.6 Å². The first kappa shape index (κ1) is 24.9. The van der Waals surface area contributed by atoms with Crippen LogP contribution in [-0.2, 0) is 11.0 Å². The minimum Gasteiger partial charge on any atom is -0.476 e. The SMILES string of the molecule is Cc1cc(C(=O)NCCOc2ccc3cccc(C(F)(F)F)c3n2)cc(NC(=O)C(C)(C)O)n1. The Hall–Kier alpha value is -3.73. The van der Waals surface area contributed by atoms with Crippen LogP contribution >= 0.6 is 0 Å². The molecule has 0 spiro atoms. The van der Waals surface area contributed by atoms with Crippen LogP contribution in [0.4, 0.5) is 19.0 Å². The predicted molar refractivity (Wildman–Crippen MR) is 118 cm³/mol. The number of nitrogens with one attached hydrogen (secondary N) is 2. The maximum absolute atomic E-state index is 13.2. The fourth-order valence-corrected chi connectivity index (χ4v) is 2.99. The Labute approximate surface area is 193 Å². The Morgan fingerprint density at radius 3 is 2.50 bits per heavy atom. The lowest BCUT2D eigenvalue weighted by Crippen LogP contribution is -2.37. The molecule has 0 radical (unpaired) electrons. The Morgan fingerprint density at radius 1 is 1.09 bits per heavy atom. The lowest BCUT2D eigenvalue weighted by molar-refractivity contribution is -0.136. The molecule has 0 saturated heterocycles. The van der Waals surface area contributed by atoms with Crippen molar-refractivity contribution in [2.45, 2.75) is 32.5 Å². The smallest absolute Gasteiger partial charge is 0.418 e. The van der Waals surface area contributed by atoms with Crippen LogP contribution in [0, 0.1) is 6.92 Å². The molecular formula is C23H23F3N4O4. The van der Waals surface area contributed by atoms with Gasteiger partial charge in [0.2, 0.25) is 5.88 Å². The van der Waals surface area contributed by atoms with Crippen LogP contribution in [0.2, 0.25) is 0 Å². The fourth-order valence-electron chi connectivity index (χ4n) is 2.99. The van der Waals surface area contributed by atoms with Crippen molar-refractivity contribution in [3.8, 4) is 5.88 Å². The number of fused-ring (bicyclic) bond motifs is 1. The summed E-state index contributed by atoms with van der Waals surface area (Å²) in [5.41, 5.74) is -2.01. The number of hydrogen-bond donors (Lipinski definition) is 3. The molecule has 0 bridgehead atoms. The number of anilines is 1. The van der Waals surface area contributed by atoms with Gasteiger partial charge in [0, 0.05) is 22.7 Å². The van der Waals surface area contributed by atoms with Crippen molar-refractivity contribution in [2.24, 2.45) is 0 Å². The summed E-state index contributed by atoms with van der Waals surface area (Å²) in [6, 6.07) is 9.59. The van der Waals surface area contributed by atoms with Crippen molar-refractivity contribution >= 4 is 28.5 Å². The summed E-state index contributed by atoms with van der Waals surface area (Å²) in [5, 5.41) is 15.1. The standard InChI is InChI=1S/C23H23F3N4O4/c1-13-11-15(12-17(28-13)29-21(32)22(2,3)33)20(31)27-9-10-34-18-8-7-14-5-4-6-16(19(14)30-18)23(24,25)26/h4-8,11-12,33H,9-10H2,1-3H3,(H,27,31)(H,28,29,32). The van der Waals surface area contributed by atoms with Crippen molar-refractivity contribution in [1.29, 1.82) is 0 Å². The average molecular weight is 476 g/mol. The van der Waals surface area contributed by atoms with Gasteiger partial charge in [-0.3, -0.25) is 9.59 Å². The number of aromatic nitrogens is 2. The third-order valence-corrected chi connectivity index (χ3v) is 4.65. The molecule has 0 aliphatic heterocycles. The van der Waals surface area contributed by atoms with Crippen LogP contribution in [0.1, 0.15) is 35.5 Å². The van der Waals surface area contributed by atoms with E-state index in [0.717, 1.165) is 6.07 Å². The summed E-state index contributed by atoms with van der Waals surface area (Å²) in [6.45, 7) is 4.29. The van der Waals surface area contributed by atoms with Gasteiger partial charge >= 0.3 is 6.18 Å². The van der Waals surface area contributed by atoms with Gasteiger partial charge in [-0.05, 0) is 45.0 Å². The molecule has 180 valence electrons. The van der Waals surface area contributed by atoms with E-state index in [1.54, 1.807) is 6.92 Å². The number of rotatable bonds is 7. The number of nitrogens with zero attached hydrogens (tertiary/aromatic N) is 2. The molecule has 0 atom stereocenters. The van der Waals surface area contributed by atoms with Crippen molar-refractivity contribution in [1.82, 2.24) is 15.3 Å². The summed E-state index contributed by atoms with van der Waals surface area (Å²) in [5.74, 6) is -1.05. The van der Waals surface area contributed by atoms with Gasteiger partial charge in [-0.1, -0.05) is 12.1 Å². The number of carbonyl (C=O) groups is 2. The monoisotopic (exact) mass is 476 g/mol. The number of benzene rings is 1. The number of alkyl halides is 3.